The topological polar surface area (TPSA) is 24.5 Å². The molecule has 112 valence electrons. The molecule has 3 heteroatoms. The van der Waals surface area contributed by atoms with Crippen molar-refractivity contribution in [3.05, 3.63) is 35.4 Å². The van der Waals surface area contributed by atoms with Gasteiger partial charge in [0.15, 0.2) is 0 Å². The van der Waals surface area contributed by atoms with Gasteiger partial charge in [-0.15, -0.1) is 0 Å². The summed E-state index contributed by atoms with van der Waals surface area (Å²) in [7, 11) is 2.23. The van der Waals surface area contributed by atoms with E-state index < -0.39 is 0 Å². The third kappa shape index (κ3) is 4.89. The lowest BCUT2D eigenvalue weighted by atomic mass is 9.98. The minimum atomic E-state index is 0.723. The lowest BCUT2D eigenvalue weighted by Gasteiger charge is -2.29. The molecule has 1 fully saturated rings. The number of benzene rings is 1. The van der Waals surface area contributed by atoms with Gasteiger partial charge in [-0.05, 0) is 56.9 Å². The minimum absolute atomic E-state index is 0.723. The monoisotopic (exact) mass is 276 g/mol. The van der Waals surface area contributed by atoms with Gasteiger partial charge >= 0.3 is 0 Å². The summed E-state index contributed by atoms with van der Waals surface area (Å²) in [4.78, 5) is 2.44. The first-order valence-corrected chi connectivity index (χ1v) is 7.83. The van der Waals surface area contributed by atoms with Crippen LogP contribution in [0.3, 0.4) is 0 Å². The highest BCUT2D eigenvalue weighted by molar-refractivity contribution is 5.26. The first-order chi connectivity index (χ1) is 9.79. The normalized spacial score (nSPS) is 20.2. The summed E-state index contributed by atoms with van der Waals surface area (Å²) in [6, 6.07) is 8.57. The Balaban J connectivity index is 1.78. The van der Waals surface area contributed by atoms with E-state index in [9.17, 15) is 0 Å². The highest BCUT2D eigenvalue weighted by Gasteiger charge is 2.16. The van der Waals surface area contributed by atoms with Crippen LogP contribution in [-0.2, 0) is 17.9 Å². The van der Waals surface area contributed by atoms with Crippen LogP contribution >= 0.6 is 0 Å². The number of hydrogen-bond donors (Lipinski definition) is 1. The number of rotatable bonds is 7. The lowest BCUT2D eigenvalue weighted by Crippen LogP contribution is -2.37. The van der Waals surface area contributed by atoms with Gasteiger partial charge in [0.2, 0.25) is 0 Å². The summed E-state index contributed by atoms with van der Waals surface area (Å²) in [5.74, 6) is 0.799. The average Bonchev–Trinajstić information content (AvgIpc) is 2.46. The van der Waals surface area contributed by atoms with E-state index in [1.165, 1.54) is 37.1 Å². The molecule has 0 aromatic heterocycles. The van der Waals surface area contributed by atoms with Gasteiger partial charge in [0, 0.05) is 19.7 Å². The second-order valence-corrected chi connectivity index (χ2v) is 5.81. The van der Waals surface area contributed by atoms with E-state index in [2.05, 4.69) is 41.5 Å². The highest BCUT2D eigenvalue weighted by atomic mass is 16.5. The standard InChI is InChI=1S/C17H28N2O/c1-3-20-14-17-9-5-4-8-16(17)12-18-11-15-7-6-10-19(2)13-15/h4-5,8-9,15,18H,3,6-7,10-14H2,1-2H3. The number of nitrogens with one attached hydrogen (secondary N) is 1. The maximum atomic E-state index is 5.54. The van der Waals surface area contributed by atoms with Crippen LogP contribution in [0.15, 0.2) is 24.3 Å². The lowest BCUT2D eigenvalue weighted by molar-refractivity contribution is 0.133. The van der Waals surface area contributed by atoms with Crippen molar-refractivity contribution in [2.45, 2.75) is 32.9 Å². The minimum Gasteiger partial charge on any atom is -0.377 e. The summed E-state index contributed by atoms with van der Waals surface area (Å²) < 4.78 is 5.54. The Morgan fingerprint density at radius 1 is 1.30 bits per heavy atom. The molecule has 0 amide bonds. The zero-order valence-electron chi connectivity index (χ0n) is 12.9. The summed E-state index contributed by atoms with van der Waals surface area (Å²) in [6.45, 7) is 8.09. The Kier molecular flexibility index (Phi) is 6.51. The molecule has 1 N–H and O–H groups in total. The SMILES string of the molecule is CCOCc1ccccc1CNCC1CCCN(C)C1. The molecule has 0 bridgehead atoms. The third-order valence-electron chi connectivity index (χ3n) is 4.05. The predicted molar refractivity (Wildman–Crippen MR) is 83.7 cm³/mol. The molecule has 0 radical (unpaired) electrons. The second-order valence-electron chi connectivity index (χ2n) is 5.81. The van der Waals surface area contributed by atoms with Crippen molar-refractivity contribution in [2.75, 3.05) is 33.3 Å². The first-order valence-electron chi connectivity index (χ1n) is 7.83. The molecule has 0 aliphatic carbocycles. The van der Waals surface area contributed by atoms with Crippen LogP contribution in [-0.4, -0.2) is 38.2 Å². The van der Waals surface area contributed by atoms with Crippen LogP contribution in [0.25, 0.3) is 0 Å². The highest BCUT2D eigenvalue weighted by Crippen LogP contribution is 2.15. The molecule has 1 heterocycles. The molecule has 1 aromatic rings. The van der Waals surface area contributed by atoms with Gasteiger partial charge in [0.1, 0.15) is 0 Å². The van der Waals surface area contributed by atoms with Crippen LogP contribution < -0.4 is 5.32 Å². The smallest absolute Gasteiger partial charge is 0.0719 e. The van der Waals surface area contributed by atoms with Crippen molar-refractivity contribution in [1.82, 2.24) is 10.2 Å². The van der Waals surface area contributed by atoms with E-state index in [0.717, 1.165) is 32.2 Å². The van der Waals surface area contributed by atoms with Gasteiger partial charge in [-0.3, -0.25) is 0 Å². The van der Waals surface area contributed by atoms with Gasteiger partial charge in [-0.1, -0.05) is 24.3 Å². The Labute approximate surface area is 123 Å². The van der Waals surface area contributed by atoms with Crippen LogP contribution in [0.4, 0.5) is 0 Å². The van der Waals surface area contributed by atoms with Crippen LogP contribution in [0.1, 0.15) is 30.9 Å². The maximum absolute atomic E-state index is 5.54. The Morgan fingerprint density at radius 3 is 2.85 bits per heavy atom. The fraction of sp³-hybridized carbons (Fsp3) is 0.647. The van der Waals surface area contributed by atoms with Crippen molar-refractivity contribution in [3.8, 4) is 0 Å². The molecule has 2 rings (SSSR count). The average molecular weight is 276 g/mol. The van der Waals surface area contributed by atoms with Gasteiger partial charge in [0.05, 0.1) is 6.61 Å². The van der Waals surface area contributed by atoms with Crippen LogP contribution in [0.2, 0.25) is 0 Å². The van der Waals surface area contributed by atoms with E-state index >= 15 is 0 Å². The first kappa shape index (κ1) is 15.5. The molecular weight excluding hydrogens is 248 g/mol. The number of likely N-dealkylation sites (tertiary alicyclic amines) is 1. The Hall–Kier alpha value is -0.900. The number of piperidine rings is 1. The molecule has 0 spiro atoms. The summed E-state index contributed by atoms with van der Waals surface area (Å²) in [5, 5.41) is 3.63. The number of ether oxygens (including phenoxy) is 1. The van der Waals surface area contributed by atoms with Crippen molar-refractivity contribution in [3.63, 3.8) is 0 Å². The molecule has 20 heavy (non-hydrogen) atoms. The van der Waals surface area contributed by atoms with E-state index in [-0.39, 0.29) is 0 Å². The summed E-state index contributed by atoms with van der Waals surface area (Å²) in [6.07, 6.45) is 2.70. The summed E-state index contributed by atoms with van der Waals surface area (Å²) in [5.41, 5.74) is 2.67. The van der Waals surface area contributed by atoms with Gasteiger partial charge in [0.25, 0.3) is 0 Å². The molecule has 1 aliphatic heterocycles. The van der Waals surface area contributed by atoms with Gasteiger partial charge < -0.3 is 15.0 Å². The molecule has 1 saturated heterocycles. The molecule has 1 aromatic carbocycles. The Bertz CT molecular complexity index is 394. The molecule has 1 unspecified atom stereocenters. The Morgan fingerprint density at radius 2 is 2.10 bits per heavy atom. The zero-order valence-corrected chi connectivity index (χ0v) is 12.9. The molecule has 0 saturated carbocycles. The molecule has 1 atom stereocenters. The van der Waals surface area contributed by atoms with Crippen molar-refractivity contribution in [1.29, 1.82) is 0 Å². The zero-order chi connectivity index (χ0) is 14.2. The van der Waals surface area contributed by atoms with E-state index in [4.69, 9.17) is 4.74 Å². The molecule has 1 aliphatic rings. The largest absolute Gasteiger partial charge is 0.377 e. The van der Waals surface area contributed by atoms with E-state index in [1.54, 1.807) is 0 Å². The van der Waals surface area contributed by atoms with E-state index in [0.29, 0.717) is 0 Å². The van der Waals surface area contributed by atoms with Crippen molar-refractivity contribution >= 4 is 0 Å². The maximum Gasteiger partial charge on any atom is 0.0719 e. The van der Waals surface area contributed by atoms with Crippen molar-refractivity contribution in [2.24, 2.45) is 5.92 Å². The molecular formula is C17H28N2O. The third-order valence-corrected chi connectivity index (χ3v) is 4.05. The summed E-state index contributed by atoms with van der Waals surface area (Å²) >= 11 is 0. The second kappa shape index (κ2) is 8.40. The van der Waals surface area contributed by atoms with Crippen LogP contribution in [0, 0.1) is 5.92 Å². The van der Waals surface area contributed by atoms with Gasteiger partial charge in [-0.2, -0.15) is 0 Å². The van der Waals surface area contributed by atoms with Gasteiger partial charge in [-0.25, -0.2) is 0 Å². The van der Waals surface area contributed by atoms with Crippen LogP contribution in [0.5, 0.6) is 0 Å². The fourth-order valence-electron chi connectivity index (χ4n) is 2.93. The van der Waals surface area contributed by atoms with Crippen molar-refractivity contribution < 1.29 is 4.74 Å². The number of hydrogen-bond acceptors (Lipinski definition) is 3. The number of nitrogens with zero attached hydrogens (tertiary/aromatic N) is 1. The van der Waals surface area contributed by atoms with E-state index in [1.807, 2.05) is 6.92 Å². The fourth-order valence-corrected chi connectivity index (χ4v) is 2.93. The quantitative estimate of drug-likeness (QED) is 0.828. The molecule has 3 nitrogen and oxygen atoms in total. The predicted octanol–water partition coefficient (Wildman–Crippen LogP) is 2.65.